The highest BCUT2D eigenvalue weighted by Crippen LogP contribution is 2.30. The van der Waals surface area contributed by atoms with Gasteiger partial charge in [-0.3, -0.25) is 4.79 Å². The summed E-state index contributed by atoms with van der Waals surface area (Å²) >= 11 is 12.1. The number of halogens is 2. The van der Waals surface area contributed by atoms with Gasteiger partial charge in [0.15, 0.2) is 6.10 Å². The maximum Gasteiger partial charge on any atom is 0.338 e. The lowest BCUT2D eigenvalue weighted by Gasteiger charge is -2.16. The van der Waals surface area contributed by atoms with Crippen LogP contribution in [0, 0.1) is 0 Å². The standard InChI is InChI=1S/C20H21Cl2NO4/c1-3-4-12-26-20(25)14-8-10-15(11-9-14)27-13(2)19(24)23-18-16(21)6-5-7-17(18)22/h5-11,13H,3-4,12H2,1-2H3,(H,23,24)/t13-/m0/s1. The summed E-state index contributed by atoms with van der Waals surface area (Å²) in [6.07, 6.45) is 0.994. The highest BCUT2D eigenvalue weighted by atomic mass is 35.5. The van der Waals surface area contributed by atoms with Gasteiger partial charge in [0, 0.05) is 0 Å². The Morgan fingerprint density at radius 3 is 2.30 bits per heavy atom. The van der Waals surface area contributed by atoms with Crippen molar-refractivity contribution in [2.24, 2.45) is 0 Å². The second kappa shape index (κ2) is 10.2. The first-order chi connectivity index (χ1) is 12.9. The highest BCUT2D eigenvalue weighted by molar-refractivity contribution is 6.39. The third kappa shape index (κ3) is 6.15. The van der Waals surface area contributed by atoms with E-state index < -0.39 is 12.0 Å². The Morgan fingerprint density at radius 1 is 1.07 bits per heavy atom. The number of rotatable bonds is 8. The Hall–Kier alpha value is -2.24. The van der Waals surface area contributed by atoms with Gasteiger partial charge in [0.1, 0.15) is 5.75 Å². The van der Waals surface area contributed by atoms with Crippen molar-refractivity contribution in [2.75, 3.05) is 11.9 Å². The van der Waals surface area contributed by atoms with E-state index in [2.05, 4.69) is 5.32 Å². The number of benzene rings is 2. The van der Waals surface area contributed by atoms with E-state index in [1.807, 2.05) is 6.92 Å². The SMILES string of the molecule is CCCCOC(=O)c1ccc(O[C@@H](C)C(=O)Nc2c(Cl)cccc2Cl)cc1. The predicted octanol–water partition coefficient (Wildman–Crippen LogP) is 5.36. The summed E-state index contributed by atoms with van der Waals surface area (Å²) in [6, 6.07) is 11.4. The average Bonchev–Trinajstić information content (AvgIpc) is 2.65. The lowest BCUT2D eigenvalue weighted by molar-refractivity contribution is -0.122. The molecule has 0 radical (unpaired) electrons. The maximum absolute atomic E-state index is 12.3. The molecule has 144 valence electrons. The molecule has 7 heteroatoms. The molecule has 2 aromatic carbocycles. The molecule has 5 nitrogen and oxygen atoms in total. The zero-order valence-electron chi connectivity index (χ0n) is 15.1. The number of hydrogen-bond donors (Lipinski definition) is 1. The van der Waals surface area contributed by atoms with Crippen LogP contribution in [0.15, 0.2) is 42.5 Å². The maximum atomic E-state index is 12.3. The minimum Gasteiger partial charge on any atom is -0.481 e. The lowest BCUT2D eigenvalue weighted by atomic mass is 10.2. The van der Waals surface area contributed by atoms with Crippen LogP contribution in [0.4, 0.5) is 5.69 Å². The van der Waals surface area contributed by atoms with Crippen LogP contribution in [-0.2, 0) is 9.53 Å². The molecule has 1 amide bonds. The number of esters is 1. The Kier molecular flexibility index (Phi) is 7.95. The summed E-state index contributed by atoms with van der Waals surface area (Å²) in [5.41, 5.74) is 0.768. The first-order valence-electron chi connectivity index (χ1n) is 8.61. The van der Waals surface area contributed by atoms with Crippen molar-refractivity contribution in [3.05, 3.63) is 58.1 Å². The molecule has 1 N–H and O–H groups in total. The molecule has 2 aromatic rings. The van der Waals surface area contributed by atoms with Crippen LogP contribution >= 0.6 is 23.2 Å². The van der Waals surface area contributed by atoms with Crippen molar-refractivity contribution < 1.29 is 19.1 Å². The minimum atomic E-state index is -0.792. The van der Waals surface area contributed by atoms with Gasteiger partial charge in [0.25, 0.3) is 5.91 Å². The fraction of sp³-hybridized carbons (Fsp3) is 0.300. The fourth-order valence-corrected chi connectivity index (χ4v) is 2.65. The van der Waals surface area contributed by atoms with Crippen LogP contribution in [0.25, 0.3) is 0 Å². The Bertz CT molecular complexity index is 773. The van der Waals surface area contributed by atoms with E-state index in [1.165, 1.54) is 0 Å². The number of anilines is 1. The van der Waals surface area contributed by atoms with Gasteiger partial charge in [-0.15, -0.1) is 0 Å². The number of para-hydroxylation sites is 1. The minimum absolute atomic E-state index is 0.339. The summed E-state index contributed by atoms with van der Waals surface area (Å²) in [5.74, 6) is -0.324. The van der Waals surface area contributed by atoms with Gasteiger partial charge in [0.05, 0.1) is 27.9 Å². The van der Waals surface area contributed by atoms with Crippen molar-refractivity contribution in [2.45, 2.75) is 32.8 Å². The van der Waals surface area contributed by atoms with Crippen molar-refractivity contribution in [3.8, 4) is 5.75 Å². The predicted molar refractivity (Wildman–Crippen MR) is 107 cm³/mol. The summed E-state index contributed by atoms with van der Waals surface area (Å²) in [4.78, 5) is 24.2. The molecular weight excluding hydrogens is 389 g/mol. The molecule has 0 bridgehead atoms. The summed E-state index contributed by atoms with van der Waals surface area (Å²) in [5, 5.41) is 3.34. The summed E-state index contributed by atoms with van der Waals surface area (Å²) in [6.45, 7) is 4.03. The Morgan fingerprint density at radius 2 is 1.70 bits per heavy atom. The second-order valence-corrected chi connectivity index (χ2v) is 6.67. The molecule has 27 heavy (non-hydrogen) atoms. The van der Waals surface area contributed by atoms with Gasteiger partial charge in [-0.1, -0.05) is 42.6 Å². The number of nitrogens with one attached hydrogen (secondary N) is 1. The first kappa shape index (κ1) is 21.1. The number of amides is 1. The van der Waals surface area contributed by atoms with Gasteiger partial charge < -0.3 is 14.8 Å². The molecule has 0 aliphatic carbocycles. The molecule has 0 saturated carbocycles. The van der Waals surface area contributed by atoms with E-state index in [4.69, 9.17) is 32.7 Å². The molecule has 0 aliphatic heterocycles. The molecule has 0 aliphatic rings. The quantitative estimate of drug-likeness (QED) is 0.470. The van der Waals surface area contributed by atoms with Crippen LogP contribution in [0.2, 0.25) is 10.0 Å². The number of ether oxygens (including phenoxy) is 2. The summed E-state index contributed by atoms with van der Waals surface area (Å²) in [7, 11) is 0. The largest absolute Gasteiger partial charge is 0.481 e. The Labute approximate surface area is 168 Å². The topological polar surface area (TPSA) is 64.6 Å². The second-order valence-electron chi connectivity index (χ2n) is 5.86. The third-order valence-electron chi connectivity index (χ3n) is 3.71. The Balaban J connectivity index is 1.94. The van der Waals surface area contributed by atoms with E-state index in [-0.39, 0.29) is 5.97 Å². The number of carbonyl (C=O) groups is 2. The summed E-state index contributed by atoms with van der Waals surface area (Å²) < 4.78 is 10.8. The van der Waals surface area contributed by atoms with Gasteiger partial charge in [-0.05, 0) is 49.7 Å². The first-order valence-corrected chi connectivity index (χ1v) is 9.36. The van der Waals surface area contributed by atoms with Crippen LogP contribution in [0.5, 0.6) is 5.75 Å². The van der Waals surface area contributed by atoms with E-state index >= 15 is 0 Å². The molecule has 0 spiro atoms. The molecule has 0 saturated heterocycles. The zero-order chi connectivity index (χ0) is 19.8. The number of unbranched alkanes of at least 4 members (excludes halogenated alkanes) is 1. The molecule has 0 fully saturated rings. The molecular formula is C20H21Cl2NO4. The molecule has 0 aromatic heterocycles. The molecule has 0 unspecified atom stereocenters. The average molecular weight is 410 g/mol. The van der Waals surface area contributed by atoms with Crippen LogP contribution < -0.4 is 10.1 Å². The van der Waals surface area contributed by atoms with Crippen molar-refractivity contribution in [1.29, 1.82) is 0 Å². The molecule has 1 atom stereocenters. The van der Waals surface area contributed by atoms with E-state index in [0.717, 1.165) is 12.8 Å². The lowest BCUT2D eigenvalue weighted by Crippen LogP contribution is -2.30. The molecule has 2 rings (SSSR count). The van der Waals surface area contributed by atoms with Crippen LogP contribution in [0.1, 0.15) is 37.0 Å². The van der Waals surface area contributed by atoms with Gasteiger partial charge in [-0.25, -0.2) is 4.79 Å². The highest BCUT2D eigenvalue weighted by Gasteiger charge is 2.18. The van der Waals surface area contributed by atoms with Crippen LogP contribution in [0.3, 0.4) is 0 Å². The van der Waals surface area contributed by atoms with Crippen molar-refractivity contribution in [3.63, 3.8) is 0 Å². The number of carbonyl (C=O) groups excluding carboxylic acids is 2. The smallest absolute Gasteiger partial charge is 0.338 e. The van der Waals surface area contributed by atoms with Crippen LogP contribution in [-0.4, -0.2) is 24.6 Å². The zero-order valence-corrected chi connectivity index (χ0v) is 16.6. The van der Waals surface area contributed by atoms with Gasteiger partial charge >= 0.3 is 5.97 Å². The van der Waals surface area contributed by atoms with E-state index in [1.54, 1.807) is 49.4 Å². The van der Waals surface area contributed by atoms with Crippen molar-refractivity contribution >= 4 is 40.8 Å². The number of hydrogen-bond acceptors (Lipinski definition) is 4. The van der Waals surface area contributed by atoms with Crippen molar-refractivity contribution in [1.82, 2.24) is 0 Å². The fourth-order valence-electron chi connectivity index (χ4n) is 2.16. The van der Waals surface area contributed by atoms with Gasteiger partial charge in [0.2, 0.25) is 0 Å². The third-order valence-corrected chi connectivity index (χ3v) is 4.34. The monoisotopic (exact) mass is 409 g/mol. The molecule has 0 heterocycles. The normalized spacial score (nSPS) is 11.6. The van der Waals surface area contributed by atoms with E-state index in [0.29, 0.717) is 33.7 Å². The van der Waals surface area contributed by atoms with E-state index in [9.17, 15) is 9.59 Å². The van der Waals surface area contributed by atoms with Gasteiger partial charge in [-0.2, -0.15) is 0 Å².